The predicted octanol–water partition coefficient (Wildman–Crippen LogP) is 2.12. The van der Waals surface area contributed by atoms with E-state index in [0.29, 0.717) is 5.56 Å². The molecule has 1 amide bonds. The third-order valence-electron chi connectivity index (χ3n) is 2.64. The van der Waals surface area contributed by atoms with Crippen LogP contribution < -0.4 is 4.74 Å². The van der Waals surface area contributed by atoms with Crippen LogP contribution in [0.5, 0.6) is 5.75 Å². The summed E-state index contributed by atoms with van der Waals surface area (Å²) in [5.74, 6) is -2.09. The van der Waals surface area contributed by atoms with Gasteiger partial charge >= 0.3 is 5.97 Å². The number of hydrogen-bond donors (Lipinski definition) is 1. The summed E-state index contributed by atoms with van der Waals surface area (Å²) in [6, 6.07) is 4.26. The van der Waals surface area contributed by atoms with Crippen LogP contribution in [0, 0.1) is 5.82 Å². The minimum absolute atomic E-state index is 0.102. The summed E-state index contributed by atoms with van der Waals surface area (Å²) >= 11 is 5.95. The number of benzene rings is 1. The average Bonchev–Trinajstić information content (AvgIpc) is 2.66. The number of amides is 1. The summed E-state index contributed by atoms with van der Waals surface area (Å²) in [6.45, 7) is -0.487. The average molecular weight is 327 g/mol. The van der Waals surface area contributed by atoms with Gasteiger partial charge in [0.15, 0.2) is 11.6 Å². The van der Waals surface area contributed by atoms with Gasteiger partial charge in [0.2, 0.25) is 0 Å². The molecule has 0 unspecified atom stereocenters. The largest absolute Gasteiger partial charge is 0.494 e. The predicted molar refractivity (Wildman–Crippen MR) is 80.5 cm³/mol. The van der Waals surface area contributed by atoms with Crippen molar-refractivity contribution in [3.63, 3.8) is 0 Å². The van der Waals surface area contributed by atoms with Crippen LogP contribution in [0.2, 0.25) is 0 Å². The number of carboxylic acids is 1. The van der Waals surface area contributed by atoms with Crippen LogP contribution in [0.15, 0.2) is 23.1 Å². The second-order valence-corrected chi connectivity index (χ2v) is 5.73. The number of carbonyl (C=O) groups is 2. The molecule has 1 heterocycles. The molecule has 8 heteroatoms. The standard InChI is InChI=1S/C13H10FNO4S2/c1-19-9-3-2-7(4-8(9)14)5-10-12(18)15(6-11(16)17)13(20)21-10/h2-5H,6H2,1H3,(H,16,17)/b10-5-. The number of rotatable bonds is 4. The number of hydrogen-bond acceptors (Lipinski definition) is 5. The van der Waals surface area contributed by atoms with E-state index in [4.69, 9.17) is 22.1 Å². The van der Waals surface area contributed by atoms with E-state index in [1.165, 1.54) is 25.3 Å². The Balaban J connectivity index is 2.26. The van der Waals surface area contributed by atoms with Gasteiger partial charge in [-0.15, -0.1) is 0 Å². The first-order valence-electron chi connectivity index (χ1n) is 5.73. The highest BCUT2D eigenvalue weighted by Crippen LogP contribution is 2.32. The lowest BCUT2D eigenvalue weighted by Gasteiger charge is -2.10. The molecule has 1 aliphatic rings. The summed E-state index contributed by atoms with van der Waals surface area (Å²) in [4.78, 5) is 24.0. The molecule has 1 fully saturated rings. The Morgan fingerprint density at radius 2 is 2.29 bits per heavy atom. The first-order chi connectivity index (χ1) is 9.92. The van der Waals surface area contributed by atoms with Gasteiger partial charge in [0.1, 0.15) is 10.9 Å². The number of carbonyl (C=O) groups excluding carboxylic acids is 1. The van der Waals surface area contributed by atoms with Crippen LogP contribution in [0.1, 0.15) is 5.56 Å². The molecule has 0 bridgehead atoms. The Morgan fingerprint density at radius 3 is 2.86 bits per heavy atom. The van der Waals surface area contributed by atoms with Crippen molar-refractivity contribution in [3.8, 4) is 5.75 Å². The van der Waals surface area contributed by atoms with E-state index in [-0.39, 0.29) is 15.0 Å². The molecular formula is C13H10FNO4S2. The molecule has 1 saturated heterocycles. The van der Waals surface area contributed by atoms with Crippen LogP contribution in [-0.4, -0.2) is 39.9 Å². The summed E-state index contributed by atoms with van der Waals surface area (Å²) in [5.41, 5.74) is 0.462. The van der Waals surface area contributed by atoms with E-state index in [1.54, 1.807) is 6.07 Å². The lowest BCUT2D eigenvalue weighted by molar-refractivity contribution is -0.140. The number of nitrogens with zero attached hydrogens (tertiary/aromatic N) is 1. The molecule has 0 radical (unpaired) electrons. The topological polar surface area (TPSA) is 66.8 Å². The molecular weight excluding hydrogens is 317 g/mol. The minimum Gasteiger partial charge on any atom is -0.494 e. The van der Waals surface area contributed by atoms with E-state index < -0.39 is 24.2 Å². The monoisotopic (exact) mass is 327 g/mol. The molecule has 110 valence electrons. The Hall–Kier alpha value is -1.93. The number of methoxy groups -OCH3 is 1. The van der Waals surface area contributed by atoms with Gasteiger partial charge in [-0.3, -0.25) is 14.5 Å². The van der Waals surface area contributed by atoms with E-state index in [1.807, 2.05) is 0 Å². The maximum atomic E-state index is 13.6. The van der Waals surface area contributed by atoms with Crippen LogP contribution in [-0.2, 0) is 9.59 Å². The van der Waals surface area contributed by atoms with E-state index in [0.717, 1.165) is 16.7 Å². The molecule has 0 saturated carbocycles. The minimum atomic E-state index is -1.15. The summed E-state index contributed by atoms with van der Waals surface area (Å²) in [5, 5.41) is 8.73. The lowest BCUT2D eigenvalue weighted by atomic mass is 10.2. The van der Waals surface area contributed by atoms with Crippen molar-refractivity contribution in [2.24, 2.45) is 0 Å². The molecule has 1 aromatic rings. The number of thiocarbonyl (C=S) groups is 1. The van der Waals surface area contributed by atoms with Crippen LogP contribution in [0.3, 0.4) is 0 Å². The highest BCUT2D eigenvalue weighted by molar-refractivity contribution is 8.26. The molecule has 2 rings (SSSR count). The number of halogens is 1. The summed E-state index contributed by atoms with van der Waals surface area (Å²) < 4.78 is 18.6. The number of carboxylic acid groups (broad SMARTS) is 1. The summed E-state index contributed by atoms with van der Waals surface area (Å²) in [6.07, 6.45) is 1.46. The Morgan fingerprint density at radius 1 is 1.57 bits per heavy atom. The van der Waals surface area contributed by atoms with E-state index in [9.17, 15) is 14.0 Å². The van der Waals surface area contributed by atoms with Crippen molar-refractivity contribution < 1.29 is 23.8 Å². The number of aliphatic carboxylic acids is 1. The lowest BCUT2D eigenvalue weighted by Crippen LogP contribution is -2.33. The van der Waals surface area contributed by atoms with Gasteiger partial charge < -0.3 is 9.84 Å². The Labute approximate surface area is 129 Å². The third kappa shape index (κ3) is 3.40. The third-order valence-corrected chi connectivity index (χ3v) is 4.02. The maximum absolute atomic E-state index is 13.6. The van der Waals surface area contributed by atoms with Crippen molar-refractivity contribution in [1.29, 1.82) is 0 Å². The first-order valence-corrected chi connectivity index (χ1v) is 6.95. The molecule has 1 aliphatic heterocycles. The van der Waals surface area contributed by atoms with E-state index >= 15 is 0 Å². The smallest absolute Gasteiger partial charge is 0.323 e. The second-order valence-electron chi connectivity index (χ2n) is 4.06. The molecule has 0 aromatic heterocycles. The zero-order valence-corrected chi connectivity index (χ0v) is 12.5. The van der Waals surface area contributed by atoms with Crippen molar-refractivity contribution >= 4 is 46.3 Å². The molecule has 0 spiro atoms. The molecule has 21 heavy (non-hydrogen) atoms. The van der Waals surface area contributed by atoms with Crippen molar-refractivity contribution in [2.45, 2.75) is 0 Å². The maximum Gasteiger partial charge on any atom is 0.323 e. The molecule has 0 aliphatic carbocycles. The first kappa shape index (κ1) is 15.5. The molecule has 1 N–H and O–H groups in total. The SMILES string of the molecule is COc1ccc(/C=C2\SC(=S)N(CC(=O)O)C2=O)cc1F. The van der Waals surface area contributed by atoms with Gasteiger partial charge in [-0.1, -0.05) is 30.0 Å². The highest BCUT2D eigenvalue weighted by Gasteiger charge is 2.33. The fraction of sp³-hybridized carbons (Fsp3) is 0.154. The Bertz CT molecular complexity index is 660. The second kappa shape index (κ2) is 6.23. The van der Waals surface area contributed by atoms with Crippen molar-refractivity contribution in [1.82, 2.24) is 4.90 Å². The quantitative estimate of drug-likeness (QED) is 0.675. The van der Waals surface area contributed by atoms with Crippen LogP contribution in [0.4, 0.5) is 4.39 Å². The van der Waals surface area contributed by atoms with Gasteiger partial charge in [0.05, 0.1) is 12.0 Å². The normalized spacial score (nSPS) is 16.7. The van der Waals surface area contributed by atoms with Crippen LogP contribution in [0.25, 0.3) is 6.08 Å². The van der Waals surface area contributed by atoms with Crippen molar-refractivity contribution in [3.05, 3.63) is 34.5 Å². The summed E-state index contributed by atoms with van der Waals surface area (Å²) in [7, 11) is 1.36. The van der Waals surface area contributed by atoms with Crippen LogP contribution >= 0.6 is 24.0 Å². The highest BCUT2D eigenvalue weighted by atomic mass is 32.2. The zero-order chi connectivity index (χ0) is 15.6. The Kier molecular flexibility index (Phi) is 4.59. The van der Waals surface area contributed by atoms with Crippen molar-refractivity contribution in [2.75, 3.05) is 13.7 Å². The van der Waals surface area contributed by atoms with Gasteiger partial charge in [-0.2, -0.15) is 0 Å². The zero-order valence-electron chi connectivity index (χ0n) is 10.8. The van der Waals surface area contributed by atoms with Gasteiger partial charge in [-0.25, -0.2) is 4.39 Å². The van der Waals surface area contributed by atoms with Gasteiger partial charge in [0.25, 0.3) is 5.91 Å². The molecule has 0 atom stereocenters. The van der Waals surface area contributed by atoms with Gasteiger partial charge in [-0.05, 0) is 23.8 Å². The molecule has 1 aromatic carbocycles. The van der Waals surface area contributed by atoms with Gasteiger partial charge in [0, 0.05) is 0 Å². The van der Waals surface area contributed by atoms with E-state index in [2.05, 4.69) is 0 Å². The molecule has 5 nitrogen and oxygen atoms in total. The fourth-order valence-electron chi connectivity index (χ4n) is 1.70. The number of ether oxygens (including phenoxy) is 1. The fourth-order valence-corrected chi connectivity index (χ4v) is 2.95. The number of thioether (sulfide) groups is 1.